The molecule has 0 unspecified atom stereocenters. The van der Waals surface area contributed by atoms with Gasteiger partial charge in [0, 0.05) is 22.3 Å². The summed E-state index contributed by atoms with van der Waals surface area (Å²) in [4.78, 5) is 0. The number of benzene rings is 2. The Balaban J connectivity index is 2.19. The van der Waals surface area contributed by atoms with E-state index in [1.165, 1.54) is 0 Å². The number of methoxy groups -OCH3 is 1. The van der Waals surface area contributed by atoms with E-state index in [9.17, 15) is 0 Å². The molecule has 0 fully saturated rings. The van der Waals surface area contributed by atoms with Gasteiger partial charge in [-0.2, -0.15) is 10.5 Å². The molecule has 0 amide bonds. The van der Waals surface area contributed by atoms with Crippen molar-refractivity contribution in [1.29, 1.82) is 10.5 Å². The molecule has 1 N–H and O–H groups in total. The Labute approximate surface area is 131 Å². The molecule has 0 aliphatic rings. The van der Waals surface area contributed by atoms with Crippen molar-refractivity contribution < 1.29 is 4.74 Å². The van der Waals surface area contributed by atoms with Crippen molar-refractivity contribution in [2.75, 3.05) is 12.4 Å². The molecule has 4 nitrogen and oxygen atoms in total. The average molecular weight is 342 g/mol. The predicted molar refractivity (Wildman–Crippen MR) is 83.9 cm³/mol. The zero-order chi connectivity index (χ0) is 15.2. The summed E-state index contributed by atoms with van der Waals surface area (Å²) in [5, 5.41) is 21.2. The molecule has 0 aliphatic heterocycles. The van der Waals surface area contributed by atoms with E-state index in [-0.39, 0.29) is 0 Å². The van der Waals surface area contributed by atoms with Gasteiger partial charge in [0.1, 0.15) is 17.9 Å². The molecule has 0 aliphatic carbocycles. The number of anilines is 1. The Kier molecular flexibility index (Phi) is 4.81. The number of hydrogen-bond acceptors (Lipinski definition) is 4. The highest BCUT2D eigenvalue weighted by molar-refractivity contribution is 9.10. The fourth-order valence-corrected chi connectivity index (χ4v) is 2.34. The molecule has 2 aromatic carbocycles. The Bertz CT molecular complexity index is 744. The zero-order valence-corrected chi connectivity index (χ0v) is 12.9. The first-order chi connectivity index (χ1) is 10.2. The lowest BCUT2D eigenvalue weighted by Gasteiger charge is -2.11. The summed E-state index contributed by atoms with van der Waals surface area (Å²) in [6, 6.07) is 14.9. The van der Waals surface area contributed by atoms with Gasteiger partial charge >= 0.3 is 0 Å². The van der Waals surface area contributed by atoms with Crippen molar-refractivity contribution in [1.82, 2.24) is 0 Å². The zero-order valence-electron chi connectivity index (χ0n) is 11.4. The summed E-state index contributed by atoms with van der Waals surface area (Å²) < 4.78 is 6.28. The first-order valence-corrected chi connectivity index (χ1v) is 6.97. The first kappa shape index (κ1) is 14.9. The highest BCUT2D eigenvalue weighted by Gasteiger charge is 2.06. The monoisotopic (exact) mass is 341 g/mol. The van der Waals surface area contributed by atoms with Crippen LogP contribution in [0.2, 0.25) is 0 Å². The molecule has 0 heterocycles. The Hall–Kier alpha value is -2.50. The van der Waals surface area contributed by atoms with Crippen LogP contribution in [0.4, 0.5) is 5.69 Å². The molecular formula is C16H12BrN3O. The van der Waals surface area contributed by atoms with Crippen molar-refractivity contribution in [2.45, 2.75) is 6.54 Å². The van der Waals surface area contributed by atoms with Gasteiger partial charge < -0.3 is 10.1 Å². The normalized spacial score (nSPS) is 9.52. The topological polar surface area (TPSA) is 68.8 Å². The lowest BCUT2D eigenvalue weighted by molar-refractivity contribution is 0.410. The van der Waals surface area contributed by atoms with Crippen LogP contribution >= 0.6 is 15.9 Å². The van der Waals surface area contributed by atoms with Gasteiger partial charge in [0.05, 0.1) is 18.2 Å². The molecule has 0 radical (unpaired) electrons. The van der Waals surface area contributed by atoms with E-state index in [1.807, 2.05) is 30.3 Å². The second-order valence-corrected chi connectivity index (χ2v) is 5.21. The van der Waals surface area contributed by atoms with Crippen LogP contribution in [0.25, 0.3) is 0 Å². The summed E-state index contributed by atoms with van der Waals surface area (Å²) in [6.45, 7) is 0.555. The maximum Gasteiger partial charge on any atom is 0.123 e. The van der Waals surface area contributed by atoms with Crippen molar-refractivity contribution in [3.05, 3.63) is 57.6 Å². The van der Waals surface area contributed by atoms with Crippen LogP contribution in [0.5, 0.6) is 5.75 Å². The average Bonchev–Trinajstić information content (AvgIpc) is 2.52. The molecule has 2 aromatic rings. The molecule has 0 saturated heterocycles. The molecule has 0 bridgehead atoms. The van der Waals surface area contributed by atoms with E-state index in [0.29, 0.717) is 17.7 Å². The third kappa shape index (κ3) is 3.53. The van der Waals surface area contributed by atoms with E-state index in [4.69, 9.17) is 15.3 Å². The van der Waals surface area contributed by atoms with E-state index < -0.39 is 0 Å². The van der Waals surface area contributed by atoms with Crippen LogP contribution in [0, 0.1) is 22.7 Å². The van der Waals surface area contributed by atoms with Crippen LogP contribution in [0.15, 0.2) is 40.9 Å². The molecule has 21 heavy (non-hydrogen) atoms. The number of halogens is 1. The quantitative estimate of drug-likeness (QED) is 0.917. The van der Waals surface area contributed by atoms with Crippen molar-refractivity contribution >= 4 is 21.6 Å². The summed E-state index contributed by atoms with van der Waals surface area (Å²) >= 11 is 3.43. The van der Waals surface area contributed by atoms with Crippen LogP contribution < -0.4 is 10.1 Å². The lowest BCUT2D eigenvalue weighted by Crippen LogP contribution is -2.02. The fourth-order valence-electron chi connectivity index (χ4n) is 1.93. The molecule has 104 valence electrons. The summed E-state index contributed by atoms with van der Waals surface area (Å²) in [5.74, 6) is 0.792. The SMILES string of the molecule is COc1ccc(Br)cc1CNc1ccc(C#N)c(C#N)c1. The number of hydrogen-bond donors (Lipinski definition) is 1. The molecular weight excluding hydrogens is 330 g/mol. The van der Waals surface area contributed by atoms with Crippen LogP contribution in [0.1, 0.15) is 16.7 Å². The second kappa shape index (κ2) is 6.78. The number of ether oxygens (including phenoxy) is 1. The van der Waals surface area contributed by atoms with Gasteiger partial charge in [-0.05, 0) is 36.4 Å². The van der Waals surface area contributed by atoms with Gasteiger partial charge in [-0.3, -0.25) is 0 Å². The Morgan fingerprint density at radius 2 is 1.86 bits per heavy atom. The Morgan fingerprint density at radius 1 is 1.10 bits per heavy atom. The minimum absolute atomic E-state index is 0.365. The molecule has 0 aromatic heterocycles. The van der Waals surface area contributed by atoms with Gasteiger partial charge in [0.15, 0.2) is 0 Å². The second-order valence-electron chi connectivity index (χ2n) is 4.29. The minimum Gasteiger partial charge on any atom is -0.496 e. The van der Waals surface area contributed by atoms with Gasteiger partial charge in [0.2, 0.25) is 0 Å². The van der Waals surface area contributed by atoms with Gasteiger partial charge in [0.25, 0.3) is 0 Å². The maximum atomic E-state index is 9.02. The van der Waals surface area contributed by atoms with Crippen molar-refractivity contribution in [3.8, 4) is 17.9 Å². The fraction of sp³-hybridized carbons (Fsp3) is 0.125. The standard InChI is InChI=1S/C16H12BrN3O/c1-21-16-5-3-14(17)6-13(16)10-20-15-4-2-11(8-18)12(7-15)9-19/h2-7,20H,10H2,1H3. The maximum absolute atomic E-state index is 9.02. The largest absolute Gasteiger partial charge is 0.496 e. The van der Waals surface area contributed by atoms with Gasteiger partial charge in [-0.25, -0.2) is 0 Å². The third-order valence-electron chi connectivity index (χ3n) is 2.99. The van der Waals surface area contributed by atoms with E-state index in [0.717, 1.165) is 21.5 Å². The Morgan fingerprint density at radius 3 is 2.52 bits per heavy atom. The first-order valence-electron chi connectivity index (χ1n) is 6.18. The highest BCUT2D eigenvalue weighted by Crippen LogP contribution is 2.24. The lowest BCUT2D eigenvalue weighted by atomic mass is 10.1. The van der Waals surface area contributed by atoms with E-state index >= 15 is 0 Å². The number of nitrogens with zero attached hydrogens (tertiary/aromatic N) is 2. The molecule has 0 atom stereocenters. The van der Waals surface area contributed by atoms with Crippen molar-refractivity contribution in [3.63, 3.8) is 0 Å². The number of nitrogens with one attached hydrogen (secondary N) is 1. The van der Waals surface area contributed by atoms with Crippen LogP contribution in [-0.2, 0) is 6.54 Å². The van der Waals surface area contributed by atoms with E-state index in [1.54, 1.807) is 25.3 Å². The van der Waals surface area contributed by atoms with Crippen molar-refractivity contribution in [2.24, 2.45) is 0 Å². The smallest absolute Gasteiger partial charge is 0.123 e. The minimum atomic E-state index is 0.365. The van der Waals surface area contributed by atoms with Crippen LogP contribution in [0.3, 0.4) is 0 Å². The number of rotatable bonds is 4. The highest BCUT2D eigenvalue weighted by atomic mass is 79.9. The summed E-state index contributed by atoms with van der Waals surface area (Å²) in [7, 11) is 1.63. The molecule has 0 spiro atoms. The number of nitriles is 2. The van der Waals surface area contributed by atoms with E-state index in [2.05, 4.69) is 21.2 Å². The summed E-state index contributed by atoms with van der Waals surface area (Å²) in [6.07, 6.45) is 0. The van der Waals surface area contributed by atoms with Gasteiger partial charge in [-0.1, -0.05) is 15.9 Å². The van der Waals surface area contributed by atoms with Crippen LogP contribution in [-0.4, -0.2) is 7.11 Å². The van der Waals surface area contributed by atoms with Gasteiger partial charge in [-0.15, -0.1) is 0 Å². The molecule has 2 rings (SSSR count). The summed E-state index contributed by atoms with van der Waals surface area (Å²) in [5.41, 5.74) is 2.52. The molecule has 0 saturated carbocycles. The molecule has 5 heteroatoms. The predicted octanol–water partition coefficient (Wildman–Crippen LogP) is 3.81. The third-order valence-corrected chi connectivity index (χ3v) is 3.48.